The van der Waals surface area contributed by atoms with E-state index >= 15 is 0 Å². The molecule has 0 atom stereocenters. The first-order valence-electron chi connectivity index (χ1n) is 7.23. The van der Waals surface area contributed by atoms with E-state index in [0.29, 0.717) is 0 Å². The molecule has 104 valence electrons. The van der Waals surface area contributed by atoms with Gasteiger partial charge >= 0.3 is 0 Å². The summed E-state index contributed by atoms with van der Waals surface area (Å²) in [5.74, 6) is 0.838. The van der Waals surface area contributed by atoms with Crippen LogP contribution in [0, 0.1) is 13.8 Å². The summed E-state index contributed by atoms with van der Waals surface area (Å²) in [5.41, 5.74) is 6.60. The van der Waals surface area contributed by atoms with E-state index in [1.165, 1.54) is 40.8 Å². The average Bonchev–Trinajstić information content (AvgIpc) is 3.22. The summed E-state index contributed by atoms with van der Waals surface area (Å²) in [7, 11) is 0. The number of aryl methyl sites for hydroxylation is 2. The Labute approximate surface area is 129 Å². The van der Waals surface area contributed by atoms with Crippen LogP contribution in [0.2, 0.25) is 0 Å². The Balaban J connectivity index is 1.69. The fourth-order valence-electron chi connectivity index (χ4n) is 2.65. The highest BCUT2D eigenvalue weighted by Crippen LogP contribution is 2.39. The maximum absolute atomic E-state index is 3.65. The number of hydrogen-bond donors (Lipinski definition) is 1. The van der Waals surface area contributed by atoms with Crippen LogP contribution in [0.3, 0.4) is 0 Å². The molecule has 0 spiro atoms. The molecule has 0 aromatic heterocycles. The molecule has 2 aromatic rings. The van der Waals surface area contributed by atoms with Gasteiger partial charge in [0.1, 0.15) is 0 Å². The van der Waals surface area contributed by atoms with E-state index < -0.39 is 0 Å². The molecule has 1 aliphatic carbocycles. The lowest BCUT2D eigenvalue weighted by Crippen LogP contribution is -2.02. The van der Waals surface area contributed by atoms with Crippen molar-refractivity contribution in [2.24, 2.45) is 0 Å². The van der Waals surface area contributed by atoms with Crippen molar-refractivity contribution in [3.8, 4) is 0 Å². The van der Waals surface area contributed by atoms with Gasteiger partial charge in [-0.1, -0.05) is 30.3 Å². The van der Waals surface area contributed by atoms with Gasteiger partial charge in [0.05, 0.1) is 5.69 Å². The summed E-state index contributed by atoms with van der Waals surface area (Å²) in [6.45, 7) is 5.14. The Morgan fingerprint density at radius 2 is 1.80 bits per heavy atom. The fraction of sp³-hybridized carbons (Fsp3) is 0.333. The van der Waals surface area contributed by atoms with Crippen LogP contribution >= 0.6 is 15.9 Å². The first-order valence-corrected chi connectivity index (χ1v) is 8.02. The van der Waals surface area contributed by atoms with Gasteiger partial charge in [-0.05, 0) is 76.9 Å². The second-order valence-electron chi connectivity index (χ2n) is 5.81. The van der Waals surface area contributed by atoms with Crippen LogP contribution in [-0.4, -0.2) is 0 Å². The Morgan fingerprint density at radius 3 is 2.40 bits per heavy atom. The molecule has 3 rings (SSSR count). The number of benzene rings is 2. The Kier molecular flexibility index (Phi) is 3.84. The number of halogens is 1. The normalized spacial score (nSPS) is 14.3. The maximum Gasteiger partial charge on any atom is 0.0517 e. The summed E-state index contributed by atoms with van der Waals surface area (Å²) in [6.07, 6.45) is 2.74. The molecule has 20 heavy (non-hydrogen) atoms. The highest BCUT2D eigenvalue weighted by molar-refractivity contribution is 9.10. The molecule has 0 unspecified atom stereocenters. The van der Waals surface area contributed by atoms with Crippen molar-refractivity contribution in [1.82, 2.24) is 0 Å². The monoisotopic (exact) mass is 329 g/mol. The first kappa shape index (κ1) is 13.7. The molecule has 0 aliphatic heterocycles. The lowest BCUT2D eigenvalue weighted by Gasteiger charge is -2.13. The van der Waals surface area contributed by atoms with Gasteiger partial charge in [-0.3, -0.25) is 0 Å². The molecule has 0 bridgehead atoms. The van der Waals surface area contributed by atoms with Gasteiger partial charge < -0.3 is 5.32 Å². The molecular weight excluding hydrogens is 310 g/mol. The van der Waals surface area contributed by atoms with Crippen LogP contribution < -0.4 is 5.32 Å². The van der Waals surface area contributed by atoms with Crippen molar-refractivity contribution in [1.29, 1.82) is 0 Å². The van der Waals surface area contributed by atoms with Gasteiger partial charge in [0.15, 0.2) is 0 Å². The van der Waals surface area contributed by atoms with Crippen molar-refractivity contribution in [3.63, 3.8) is 0 Å². The van der Waals surface area contributed by atoms with Crippen molar-refractivity contribution in [2.75, 3.05) is 5.32 Å². The summed E-state index contributed by atoms with van der Waals surface area (Å²) >= 11 is 3.65. The van der Waals surface area contributed by atoms with Crippen LogP contribution in [0.5, 0.6) is 0 Å². The van der Waals surface area contributed by atoms with E-state index in [0.717, 1.165) is 16.9 Å². The van der Waals surface area contributed by atoms with E-state index in [2.05, 4.69) is 71.5 Å². The molecule has 0 saturated heterocycles. The number of nitrogens with one attached hydrogen (secondary N) is 1. The third kappa shape index (κ3) is 3.06. The van der Waals surface area contributed by atoms with Crippen LogP contribution in [0.4, 0.5) is 5.69 Å². The SMILES string of the molecule is Cc1cc(C)c(NCc2ccc(C3CC3)cc2)c(Br)c1. The number of hydrogen-bond acceptors (Lipinski definition) is 1. The highest BCUT2D eigenvalue weighted by Gasteiger charge is 2.22. The highest BCUT2D eigenvalue weighted by atomic mass is 79.9. The molecule has 0 radical (unpaired) electrons. The van der Waals surface area contributed by atoms with Gasteiger partial charge in [-0.25, -0.2) is 0 Å². The minimum absolute atomic E-state index is 0.838. The fourth-order valence-corrected chi connectivity index (χ4v) is 3.47. The van der Waals surface area contributed by atoms with Crippen LogP contribution in [0.25, 0.3) is 0 Å². The second-order valence-corrected chi connectivity index (χ2v) is 6.66. The van der Waals surface area contributed by atoms with Gasteiger partial charge in [-0.15, -0.1) is 0 Å². The lowest BCUT2D eigenvalue weighted by atomic mass is 10.1. The topological polar surface area (TPSA) is 12.0 Å². The van der Waals surface area contributed by atoms with E-state index in [9.17, 15) is 0 Å². The summed E-state index contributed by atoms with van der Waals surface area (Å²) in [4.78, 5) is 0. The predicted octanol–water partition coefficient (Wildman–Crippen LogP) is 5.56. The second kappa shape index (κ2) is 5.61. The van der Waals surface area contributed by atoms with Crippen LogP contribution in [-0.2, 0) is 6.54 Å². The van der Waals surface area contributed by atoms with Gasteiger partial charge in [0, 0.05) is 11.0 Å². The van der Waals surface area contributed by atoms with Gasteiger partial charge in [-0.2, -0.15) is 0 Å². The molecule has 0 heterocycles. The van der Waals surface area contributed by atoms with Crippen LogP contribution in [0.1, 0.15) is 41.0 Å². The van der Waals surface area contributed by atoms with Crippen molar-refractivity contribution in [3.05, 3.63) is 63.1 Å². The Bertz CT molecular complexity index is 589. The molecular formula is C18H20BrN. The molecule has 1 aliphatic rings. The smallest absolute Gasteiger partial charge is 0.0517 e. The van der Waals surface area contributed by atoms with E-state index in [-0.39, 0.29) is 0 Å². The zero-order chi connectivity index (χ0) is 14.1. The molecule has 1 saturated carbocycles. The zero-order valence-electron chi connectivity index (χ0n) is 12.0. The molecule has 1 N–H and O–H groups in total. The summed E-state index contributed by atoms with van der Waals surface area (Å²) in [6, 6.07) is 13.4. The minimum atomic E-state index is 0.838. The molecule has 0 amide bonds. The van der Waals surface area contributed by atoms with Crippen molar-refractivity contribution < 1.29 is 0 Å². The van der Waals surface area contributed by atoms with Crippen LogP contribution in [0.15, 0.2) is 40.9 Å². The quantitative estimate of drug-likeness (QED) is 0.774. The standard InChI is InChI=1S/C18H20BrN/c1-12-9-13(2)18(17(19)10-12)20-11-14-3-5-15(6-4-14)16-7-8-16/h3-6,9-10,16,20H,7-8,11H2,1-2H3. The van der Waals surface area contributed by atoms with E-state index in [1.54, 1.807) is 0 Å². The largest absolute Gasteiger partial charge is 0.380 e. The number of anilines is 1. The third-order valence-corrected chi connectivity index (χ3v) is 4.55. The predicted molar refractivity (Wildman–Crippen MR) is 89.4 cm³/mol. The summed E-state index contributed by atoms with van der Waals surface area (Å²) < 4.78 is 1.14. The third-order valence-electron chi connectivity index (χ3n) is 3.93. The molecule has 2 aromatic carbocycles. The van der Waals surface area contributed by atoms with E-state index in [4.69, 9.17) is 0 Å². The Morgan fingerprint density at radius 1 is 1.10 bits per heavy atom. The average molecular weight is 330 g/mol. The lowest BCUT2D eigenvalue weighted by molar-refractivity contribution is 1.09. The number of rotatable bonds is 4. The first-order chi connectivity index (χ1) is 9.63. The van der Waals surface area contributed by atoms with Gasteiger partial charge in [0.25, 0.3) is 0 Å². The van der Waals surface area contributed by atoms with Gasteiger partial charge in [0.2, 0.25) is 0 Å². The van der Waals surface area contributed by atoms with Crippen molar-refractivity contribution >= 4 is 21.6 Å². The minimum Gasteiger partial charge on any atom is -0.380 e. The maximum atomic E-state index is 3.65. The summed E-state index contributed by atoms with van der Waals surface area (Å²) in [5, 5.41) is 3.54. The molecule has 1 nitrogen and oxygen atoms in total. The Hall–Kier alpha value is -1.28. The zero-order valence-corrected chi connectivity index (χ0v) is 13.6. The molecule has 1 fully saturated rings. The van der Waals surface area contributed by atoms with Crippen molar-refractivity contribution in [2.45, 2.75) is 39.2 Å². The van der Waals surface area contributed by atoms with E-state index in [1.807, 2.05) is 0 Å². The molecule has 2 heteroatoms.